The number of halogens is 1. The zero-order chi connectivity index (χ0) is 9.97. The maximum absolute atomic E-state index is 5.88. The molecule has 0 aliphatic carbocycles. The number of nitrogen functional groups attached to an aromatic ring is 1. The molecule has 0 saturated carbocycles. The molecule has 0 bridgehead atoms. The van der Waals surface area contributed by atoms with Gasteiger partial charge in [-0.15, -0.1) is 0 Å². The molecule has 0 fully saturated rings. The highest BCUT2D eigenvalue weighted by Gasteiger charge is 1.97. The van der Waals surface area contributed by atoms with E-state index in [1.807, 2.05) is 30.3 Å². The van der Waals surface area contributed by atoms with Gasteiger partial charge in [0, 0.05) is 16.8 Å². The summed E-state index contributed by atoms with van der Waals surface area (Å²) in [5, 5.41) is 0.722. The van der Waals surface area contributed by atoms with Crippen LogP contribution in [0.4, 0.5) is 5.82 Å². The highest BCUT2D eigenvalue weighted by atomic mass is 35.5. The first-order chi connectivity index (χ1) is 6.75. The quantitative estimate of drug-likeness (QED) is 0.776. The van der Waals surface area contributed by atoms with Crippen LogP contribution in [0.3, 0.4) is 0 Å². The van der Waals surface area contributed by atoms with Crippen molar-refractivity contribution in [2.24, 2.45) is 0 Å². The fourth-order valence-electron chi connectivity index (χ4n) is 1.24. The van der Waals surface area contributed by atoms with Gasteiger partial charge in [0.1, 0.15) is 5.82 Å². The second kappa shape index (κ2) is 3.68. The first-order valence-corrected chi connectivity index (χ1v) is 4.61. The summed E-state index contributed by atoms with van der Waals surface area (Å²) in [6.07, 6.45) is 1.74. The Kier molecular flexibility index (Phi) is 2.37. The van der Waals surface area contributed by atoms with Crippen LogP contribution >= 0.6 is 11.6 Å². The third-order valence-electron chi connectivity index (χ3n) is 1.94. The van der Waals surface area contributed by atoms with E-state index in [-0.39, 0.29) is 0 Å². The first kappa shape index (κ1) is 9.03. The number of nitrogens with zero attached hydrogens (tertiary/aromatic N) is 1. The summed E-state index contributed by atoms with van der Waals surface area (Å²) >= 11 is 5.88. The van der Waals surface area contributed by atoms with Crippen molar-refractivity contribution in [1.82, 2.24) is 4.98 Å². The third kappa shape index (κ3) is 1.86. The summed E-state index contributed by atoms with van der Waals surface area (Å²) in [4.78, 5) is 4.02. The van der Waals surface area contributed by atoms with E-state index in [0.29, 0.717) is 5.82 Å². The molecule has 0 unspecified atom stereocenters. The predicted molar refractivity (Wildman–Crippen MR) is 59.1 cm³/mol. The molecule has 70 valence electrons. The van der Waals surface area contributed by atoms with Gasteiger partial charge in [-0.3, -0.25) is 0 Å². The molecule has 0 spiro atoms. The largest absolute Gasteiger partial charge is 0.384 e. The average Bonchev–Trinajstić information content (AvgIpc) is 2.19. The van der Waals surface area contributed by atoms with Gasteiger partial charge in [0.2, 0.25) is 0 Å². The van der Waals surface area contributed by atoms with E-state index < -0.39 is 0 Å². The zero-order valence-corrected chi connectivity index (χ0v) is 8.20. The smallest absolute Gasteiger partial charge is 0.123 e. The lowest BCUT2D eigenvalue weighted by Gasteiger charge is -2.01. The average molecular weight is 205 g/mol. The normalized spacial score (nSPS) is 10.1. The zero-order valence-electron chi connectivity index (χ0n) is 7.44. The molecular weight excluding hydrogens is 196 g/mol. The van der Waals surface area contributed by atoms with Gasteiger partial charge in [0.15, 0.2) is 0 Å². The van der Waals surface area contributed by atoms with Gasteiger partial charge in [0.25, 0.3) is 0 Å². The summed E-state index contributed by atoms with van der Waals surface area (Å²) in [7, 11) is 0. The van der Waals surface area contributed by atoms with Crippen molar-refractivity contribution in [2.45, 2.75) is 0 Å². The van der Waals surface area contributed by atoms with Gasteiger partial charge in [-0.1, -0.05) is 23.7 Å². The molecule has 1 heterocycles. The number of hydrogen-bond acceptors (Lipinski definition) is 2. The summed E-state index contributed by atoms with van der Waals surface area (Å²) < 4.78 is 0. The Labute approximate surface area is 87.4 Å². The maximum Gasteiger partial charge on any atom is 0.123 e. The van der Waals surface area contributed by atoms with Crippen molar-refractivity contribution in [2.75, 3.05) is 5.73 Å². The van der Waals surface area contributed by atoms with E-state index >= 15 is 0 Å². The van der Waals surface area contributed by atoms with Gasteiger partial charge in [-0.05, 0) is 29.8 Å². The van der Waals surface area contributed by atoms with Crippen molar-refractivity contribution in [3.8, 4) is 11.1 Å². The molecule has 0 saturated heterocycles. The number of benzene rings is 1. The minimum atomic E-state index is 0.524. The van der Waals surface area contributed by atoms with Crippen LogP contribution in [0.15, 0.2) is 42.6 Å². The molecule has 0 radical (unpaired) electrons. The van der Waals surface area contributed by atoms with E-state index in [4.69, 9.17) is 17.3 Å². The number of rotatable bonds is 1. The van der Waals surface area contributed by atoms with Crippen molar-refractivity contribution < 1.29 is 0 Å². The molecule has 1 aromatic carbocycles. The molecule has 0 amide bonds. The van der Waals surface area contributed by atoms with Crippen LogP contribution in [0.5, 0.6) is 0 Å². The number of hydrogen-bond donors (Lipinski definition) is 1. The van der Waals surface area contributed by atoms with Gasteiger partial charge >= 0.3 is 0 Å². The Morgan fingerprint density at radius 3 is 2.57 bits per heavy atom. The molecule has 14 heavy (non-hydrogen) atoms. The Morgan fingerprint density at radius 2 is 1.93 bits per heavy atom. The number of pyridine rings is 1. The standard InChI is InChI=1S/C11H9ClN2/c12-10-3-1-2-8(6-10)9-4-5-11(13)14-7-9/h1-7H,(H2,13,14). The van der Waals surface area contributed by atoms with E-state index in [0.717, 1.165) is 16.1 Å². The predicted octanol–water partition coefficient (Wildman–Crippen LogP) is 2.98. The van der Waals surface area contributed by atoms with Crippen LogP contribution in [0.2, 0.25) is 5.02 Å². The molecule has 0 aliphatic rings. The van der Waals surface area contributed by atoms with Crippen LogP contribution in [-0.4, -0.2) is 4.98 Å². The summed E-state index contributed by atoms with van der Waals surface area (Å²) in [5.41, 5.74) is 7.56. The summed E-state index contributed by atoms with van der Waals surface area (Å²) in [6, 6.07) is 11.3. The minimum absolute atomic E-state index is 0.524. The highest BCUT2D eigenvalue weighted by molar-refractivity contribution is 6.30. The number of nitrogens with two attached hydrogens (primary N) is 1. The second-order valence-corrected chi connectivity index (χ2v) is 3.42. The van der Waals surface area contributed by atoms with Gasteiger partial charge in [-0.25, -0.2) is 4.98 Å². The van der Waals surface area contributed by atoms with E-state index in [1.54, 1.807) is 12.3 Å². The lowest BCUT2D eigenvalue weighted by atomic mass is 10.1. The van der Waals surface area contributed by atoms with Gasteiger partial charge in [-0.2, -0.15) is 0 Å². The SMILES string of the molecule is Nc1ccc(-c2cccc(Cl)c2)cn1. The molecule has 2 rings (SSSR count). The molecule has 3 heteroatoms. The lowest BCUT2D eigenvalue weighted by Crippen LogP contribution is -1.88. The minimum Gasteiger partial charge on any atom is -0.384 e. The fraction of sp³-hybridized carbons (Fsp3) is 0. The Bertz CT molecular complexity index is 437. The molecule has 1 aromatic heterocycles. The second-order valence-electron chi connectivity index (χ2n) is 2.98. The summed E-state index contributed by atoms with van der Waals surface area (Å²) in [5.74, 6) is 0.524. The lowest BCUT2D eigenvalue weighted by molar-refractivity contribution is 1.34. The van der Waals surface area contributed by atoms with E-state index in [1.165, 1.54) is 0 Å². The molecule has 2 N–H and O–H groups in total. The van der Waals surface area contributed by atoms with Crippen LogP contribution in [0, 0.1) is 0 Å². The van der Waals surface area contributed by atoms with Crippen molar-refractivity contribution in [3.63, 3.8) is 0 Å². The van der Waals surface area contributed by atoms with Crippen LogP contribution in [0.25, 0.3) is 11.1 Å². The van der Waals surface area contributed by atoms with Gasteiger partial charge in [0.05, 0.1) is 0 Å². The highest BCUT2D eigenvalue weighted by Crippen LogP contribution is 2.22. The molecule has 0 atom stereocenters. The maximum atomic E-state index is 5.88. The molecule has 2 aromatic rings. The van der Waals surface area contributed by atoms with Crippen LogP contribution in [0.1, 0.15) is 0 Å². The van der Waals surface area contributed by atoms with Crippen molar-refractivity contribution >= 4 is 17.4 Å². The number of anilines is 1. The van der Waals surface area contributed by atoms with Crippen molar-refractivity contribution in [3.05, 3.63) is 47.6 Å². The Morgan fingerprint density at radius 1 is 1.07 bits per heavy atom. The van der Waals surface area contributed by atoms with Gasteiger partial charge < -0.3 is 5.73 Å². The fourth-order valence-corrected chi connectivity index (χ4v) is 1.43. The van der Waals surface area contributed by atoms with Crippen LogP contribution < -0.4 is 5.73 Å². The van der Waals surface area contributed by atoms with Crippen LogP contribution in [-0.2, 0) is 0 Å². The van der Waals surface area contributed by atoms with E-state index in [9.17, 15) is 0 Å². The number of aromatic nitrogens is 1. The topological polar surface area (TPSA) is 38.9 Å². The summed E-state index contributed by atoms with van der Waals surface area (Å²) in [6.45, 7) is 0. The molecule has 0 aliphatic heterocycles. The molecular formula is C11H9ClN2. The monoisotopic (exact) mass is 204 g/mol. The van der Waals surface area contributed by atoms with E-state index in [2.05, 4.69) is 4.98 Å². The van der Waals surface area contributed by atoms with Crippen molar-refractivity contribution in [1.29, 1.82) is 0 Å². The Balaban J connectivity index is 2.44. The molecule has 2 nitrogen and oxygen atoms in total. The first-order valence-electron chi connectivity index (χ1n) is 4.23. The third-order valence-corrected chi connectivity index (χ3v) is 2.18. The Hall–Kier alpha value is -1.54.